The molecule has 0 radical (unpaired) electrons. The van der Waals surface area contributed by atoms with Gasteiger partial charge in [-0.25, -0.2) is 13.1 Å². The van der Waals surface area contributed by atoms with Crippen molar-refractivity contribution in [3.05, 3.63) is 0 Å². The Morgan fingerprint density at radius 2 is 2.08 bits per heavy atom. The molecule has 0 amide bonds. The van der Waals surface area contributed by atoms with Gasteiger partial charge in [0.2, 0.25) is 10.0 Å². The third-order valence-electron chi connectivity index (χ3n) is 1.47. The molecule has 0 aliphatic rings. The fourth-order valence-corrected chi connectivity index (χ4v) is 1.69. The lowest BCUT2D eigenvalue weighted by Crippen LogP contribution is -2.28. The van der Waals surface area contributed by atoms with E-state index in [1.165, 1.54) is 0 Å². The number of sulfonamides is 1. The fraction of sp³-hybridized carbons (Fsp3) is 1.00. The highest BCUT2D eigenvalue weighted by molar-refractivity contribution is 7.88. The first-order valence-corrected chi connectivity index (χ1v) is 6.49. The molecule has 0 fully saturated rings. The second kappa shape index (κ2) is 5.83. The van der Waals surface area contributed by atoms with Crippen molar-refractivity contribution in [2.75, 3.05) is 12.8 Å². The molecule has 1 atom stereocenters. The van der Waals surface area contributed by atoms with E-state index >= 15 is 0 Å². The molecular weight excluding hydrogens is 194 g/mol. The number of nitrogens with one attached hydrogen (secondary N) is 1. The largest absolute Gasteiger partial charge is 0.214 e. The zero-order valence-electron chi connectivity index (χ0n) is 7.58. The summed E-state index contributed by atoms with van der Waals surface area (Å²) in [5.74, 6) is 0. The van der Waals surface area contributed by atoms with Gasteiger partial charge in [-0.1, -0.05) is 19.8 Å². The molecule has 0 rings (SSSR count). The average molecular weight is 211 g/mol. The van der Waals surface area contributed by atoms with Gasteiger partial charge in [0.25, 0.3) is 0 Å². The maximum absolute atomic E-state index is 10.7. The van der Waals surface area contributed by atoms with Gasteiger partial charge in [0, 0.05) is 11.8 Å². The number of thiol groups is 1. The van der Waals surface area contributed by atoms with Crippen LogP contribution in [0.25, 0.3) is 0 Å². The summed E-state index contributed by atoms with van der Waals surface area (Å²) >= 11 is 4.25. The molecule has 0 saturated heterocycles. The van der Waals surface area contributed by atoms with Crippen LogP contribution in [0.3, 0.4) is 0 Å². The Balaban J connectivity index is 3.51. The van der Waals surface area contributed by atoms with Crippen LogP contribution >= 0.6 is 12.6 Å². The maximum atomic E-state index is 10.7. The zero-order chi connectivity index (χ0) is 9.61. The molecule has 1 N–H and O–H groups in total. The van der Waals surface area contributed by atoms with E-state index in [-0.39, 0.29) is 5.25 Å². The molecular formula is C7H17NO2S2. The Hall–Kier alpha value is 0.260. The van der Waals surface area contributed by atoms with Crippen molar-refractivity contribution in [1.82, 2.24) is 4.72 Å². The molecule has 0 saturated carbocycles. The molecule has 0 aliphatic heterocycles. The highest BCUT2D eigenvalue weighted by atomic mass is 32.2. The monoisotopic (exact) mass is 211 g/mol. The van der Waals surface area contributed by atoms with Gasteiger partial charge in [0.1, 0.15) is 0 Å². The molecule has 0 aromatic carbocycles. The fourth-order valence-electron chi connectivity index (χ4n) is 0.789. The number of hydrogen-bond acceptors (Lipinski definition) is 3. The highest BCUT2D eigenvalue weighted by Crippen LogP contribution is 2.05. The summed E-state index contributed by atoms with van der Waals surface area (Å²) in [6, 6.07) is 0. The van der Waals surface area contributed by atoms with E-state index in [0.717, 1.165) is 25.5 Å². The smallest absolute Gasteiger partial charge is 0.208 e. The van der Waals surface area contributed by atoms with Crippen molar-refractivity contribution in [2.24, 2.45) is 0 Å². The summed E-state index contributed by atoms with van der Waals surface area (Å²) < 4.78 is 23.8. The Kier molecular flexibility index (Phi) is 5.96. The van der Waals surface area contributed by atoms with Gasteiger partial charge < -0.3 is 0 Å². The van der Waals surface area contributed by atoms with Crippen LogP contribution in [-0.4, -0.2) is 26.5 Å². The predicted octanol–water partition coefficient (Wildman–Crippen LogP) is 1.02. The summed E-state index contributed by atoms with van der Waals surface area (Å²) in [5, 5.41) is 0.139. The van der Waals surface area contributed by atoms with E-state index in [1.807, 2.05) is 0 Å². The van der Waals surface area contributed by atoms with Gasteiger partial charge >= 0.3 is 0 Å². The second-order valence-corrected chi connectivity index (χ2v) is 5.48. The van der Waals surface area contributed by atoms with E-state index in [0.29, 0.717) is 6.54 Å². The minimum absolute atomic E-state index is 0.139. The Labute approximate surface area is 80.4 Å². The summed E-state index contributed by atoms with van der Waals surface area (Å²) in [6.45, 7) is 2.53. The first-order valence-electron chi connectivity index (χ1n) is 4.08. The van der Waals surface area contributed by atoms with Crippen LogP contribution in [-0.2, 0) is 10.0 Å². The van der Waals surface area contributed by atoms with Gasteiger partial charge in [-0.05, 0) is 6.42 Å². The third kappa shape index (κ3) is 8.36. The Bertz CT molecular complexity index is 201. The van der Waals surface area contributed by atoms with E-state index < -0.39 is 10.0 Å². The van der Waals surface area contributed by atoms with E-state index in [1.54, 1.807) is 0 Å². The minimum atomic E-state index is -3.04. The summed E-state index contributed by atoms with van der Waals surface area (Å²) in [7, 11) is -3.04. The molecule has 5 heteroatoms. The lowest BCUT2D eigenvalue weighted by atomic mass is 10.2. The number of unbranched alkanes of at least 4 members (excludes halogenated alkanes) is 1. The molecule has 3 nitrogen and oxygen atoms in total. The van der Waals surface area contributed by atoms with Crippen LogP contribution < -0.4 is 4.72 Å². The number of hydrogen-bond donors (Lipinski definition) is 2. The summed E-state index contributed by atoms with van der Waals surface area (Å²) in [4.78, 5) is 0. The molecule has 0 aromatic rings. The first kappa shape index (κ1) is 12.3. The van der Waals surface area contributed by atoms with Gasteiger partial charge in [-0.2, -0.15) is 12.6 Å². The van der Waals surface area contributed by atoms with Crippen molar-refractivity contribution in [3.8, 4) is 0 Å². The standard InChI is InChI=1S/C7H17NO2S2/c1-3-4-5-7(11)6-8-12(2,9)10/h7-8,11H,3-6H2,1-2H3. The molecule has 12 heavy (non-hydrogen) atoms. The van der Waals surface area contributed by atoms with Crippen molar-refractivity contribution < 1.29 is 8.42 Å². The van der Waals surface area contributed by atoms with Gasteiger partial charge in [0.15, 0.2) is 0 Å². The molecule has 0 aliphatic carbocycles. The van der Waals surface area contributed by atoms with E-state index in [4.69, 9.17) is 0 Å². The molecule has 74 valence electrons. The third-order valence-corrected chi connectivity index (χ3v) is 2.60. The Morgan fingerprint density at radius 3 is 2.50 bits per heavy atom. The van der Waals surface area contributed by atoms with Crippen molar-refractivity contribution in [3.63, 3.8) is 0 Å². The Morgan fingerprint density at radius 1 is 1.50 bits per heavy atom. The van der Waals surface area contributed by atoms with Crippen LogP contribution in [0.15, 0.2) is 0 Å². The lowest BCUT2D eigenvalue weighted by Gasteiger charge is -2.09. The minimum Gasteiger partial charge on any atom is -0.214 e. The molecule has 1 unspecified atom stereocenters. The van der Waals surface area contributed by atoms with Crippen LogP contribution in [0.2, 0.25) is 0 Å². The average Bonchev–Trinajstić information content (AvgIpc) is 1.95. The molecule has 0 bridgehead atoms. The zero-order valence-corrected chi connectivity index (χ0v) is 9.29. The van der Waals surface area contributed by atoms with Crippen molar-refractivity contribution in [1.29, 1.82) is 0 Å². The molecule has 0 spiro atoms. The SMILES string of the molecule is CCCCC(S)CNS(C)(=O)=O. The van der Waals surface area contributed by atoms with Crippen LogP contribution in [0.1, 0.15) is 26.2 Å². The molecule has 0 aromatic heterocycles. The number of rotatable bonds is 6. The maximum Gasteiger partial charge on any atom is 0.208 e. The summed E-state index contributed by atoms with van der Waals surface area (Å²) in [6.07, 6.45) is 4.34. The lowest BCUT2D eigenvalue weighted by molar-refractivity contribution is 0.582. The van der Waals surface area contributed by atoms with Crippen LogP contribution in [0.5, 0.6) is 0 Å². The van der Waals surface area contributed by atoms with Gasteiger partial charge in [-0.3, -0.25) is 0 Å². The predicted molar refractivity (Wildman–Crippen MR) is 55.1 cm³/mol. The topological polar surface area (TPSA) is 46.2 Å². The quantitative estimate of drug-likeness (QED) is 0.645. The molecule has 0 heterocycles. The normalized spacial score (nSPS) is 14.6. The second-order valence-electron chi connectivity index (χ2n) is 2.92. The van der Waals surface area contributed by atoms with Crippen molar-refractivity contribution >= 4 is 22.7 Å². The van der Waals surface area contributed by atoms with Crippen molar-refractivity contribution in [2.45, 2.75) is 31.4 Å². The van der Waals surface area contributed by atoms with E-state index in [2.05, 4.69) is 24.3 Å². The van der Waals surface area contributed by atoms with Gasteiger partial charge in [0.05, 0.1) is 6.26 Å². The first-order chi connectivity index (χ1) is 5.45. The summed E-state index contributed by atoms with van der Waals surface area (Å²) in [5.41, 5.74) is 0. The van der Waals surface area contributed by atoms with Crippen LogP contribution in [0.4, 0.5) is 0 Å². The van der Waals surface area contributed by atoms with Gasteiger partial charge in [-0.15, -0.1) is 0 Å². The van der Waals surface area contributed by atoms with Crippen LogP contribution in [0, 0.1) is 0 Å². The highest BCUT2D eigenvalue weighted by Gasteiger charge is 2.05. The van der Waals surface area contributed by atoms with E-state index in [9.17, 15) is 8.42 Å².